The Kier molecular flexibility index (Phi) is 5.76. The molecule has 2 aliphatic heterocycles. The van der Waals surface area contributed by atoms with Crippen molar-refractivity contribution in [3.8, 4) is 0 Å². The van der Waals surface area contributed by atoms with Gasteiger partial charge in [-0.05, 0) is 31.2 Å². The number of hydrogen-bond donors (Lipinski definition) is 1. The summed E-state index contributed by atoms with van der Waals surface area (Å²) in [4.78, 5) is 30.7. The summed E-state index contributed by atoms with van der Waals surface area (Å²) in [5, 5.41) is 3.02. The van der Waals surface area contributed by atoms with E-state index in [0.717, 1.165) is 60.6 Å². The molecule has 0 unspecified atom stereocenters. The number of rotatable bonds is 4. The molecule has 2 heterocycles. The average molecular weight is 409 g/mol. The first kappa shape index (κ1) is 18.4. The molecule has 1 aromatic rings. The summed E-state index contributed by atoms with van der Waals surface area (Å²) in [6.45, 7) is 7.12. The quantitative estimate of drug-likeness (QED) is 0.826. The molecule has 7 heteroatoms. The van der Waals surface area contributed by atoms with Crippen LogP contribution in [0.5, 0.6) is 0 Å². The molecule has 1 N–H and O–H groups in total. The molecule has 3 rings (SSSR count). The molecule has 136 valence electrons. The number of carbonyl (C=O) groups is 2. The van der Waals surface area contributed by atoms with Gasteiger partial charge in [-0.3, -0.25) is 9.59 Å². The van der Waals surface area contributed by atoms with Gasteiger partial charge in [-0.2, -0.15) is 0 Å². The van der Waals surface area contributed by atoms with Crippen molar-refractivity contribution < 1.29 is 9.59 Å². The number of halogens is 1. The van der Waals surface area contributed by atoms with E-state index in [4.69, 9.17) is 0 Å². The first-order chi connectivity index (χ1) is 11.9. The van der Waals surface area contributed by atoms with Crippen molar-refractivity contribution in [2.45, 2.75) is 19.8 Å². The van der Waals surface area contributed by atoms with Crippen LogP contribution in [-0.2, 0) is 16.0 Å². The van der Waals surface area contributed by atoms with Crippen molar-refractivity contribution in [2.75, 3.05) is 56.5 Å². The van der Waals surface area contributed by atoms with Crippen LogP contribution in [0.1, 0.15) is 18.9 Å². The third-order valence-electron chi connectivity index (χ3n) is 4.93. The molecule has 0 aromatic heterocycles. The third-order valence-corrected chi connectivity index (χ3v) is 5.39. The maximum absolute atomic E-state index is 12.4. The van der Waals surface area contributed by atoms with E-state index in [1.54, 1.807) is 11.8 Å². The van der Waals surface area contributed by atoms with E-state index in [1.807, 2.05) is 12.1 Å². The van der Waals surface area contributed by atoms with Crippen molar-refractivity contribution in [2.24, 2.45) is 0 Å². The molecule has 1 aromatic carbocycles. The Labute approximate surface area is 157 Å². The number of piperazine rings is 1. The highest BCUT2D eigenvalue weighted by Crippen LogP contribution is 2.38. The van der Waals surface area contributed by atoms with Crippen LogP contribution >= 0.6 is 15.9 Å². The van der Waals surface area contributed by atoms with Crippen LogP contribution in [0.2, 0.25) is 0 Å². The van der Waals surface area contributed by atoms with Crippen LogP contribution in [0.15, 0.2) is 16.6 Å². The number of fused-ring (bicyclic) bond motifs is 1. The topological polar surface area (TPSA) is 55.9 Å². The molecule has 25 heavy (non-hydrogen) atoms. The second kappa shape index (κ2) is 7.85. The van der Waals surface area contributed by atoms with Crippen LogP contribution in [0.4, 0.5) is 11.4 Å². The summed E-state index contributed by atoms with van der Waals surface area (Å²) in [5.74, 6) is 0.00337. The van der Waals surface area contributed by atoms with E-state index in [-0.39, 0.29) is 11.8 Å². The summed E-state index contributed by atoms with van der Waals surface area (Å²) in [6, 6.07) is 3.91. The molecule has 0 radical (unpaired) electrons. The van der Waals surface area contributed by atoms with E-state index in [0.29, 0.717) is 13.0 Å². The van der Waals surface area contributed by atoms with E-state index < -0.39 is 0 Å². The van der Waals surface area contributed by atoms with Crippen LogP contribution < -0.4 is 10.2 Å². The third kappa shape index (κ3) is 4.40. The molecule has 0 atom stereocenters. The molecule has 0 bridgehead atoms. The predicted molar refractivity (Wildman–Crippen MR) is 103 cm³/mol. The molecule has 2 amide bonds. The Morgan fingerprint density at radius 1 is 1.16 bits per heavy atom. The van der Waals surface area contributed by atoms with Gasteiger partial charge < -0.3 is 20.0 Å². The standard InChI is InChI=1S/C18H25BrN4O2/c1-13(24)23-6-3-14-11-15(19)12-16(18(14)23)20-17(25)4-5-22-9-7-21(2)8-10-22/h11-12H,3-10H2,1-2H3,(H,20,25). The maximum Gasteiger partial charge on any atom is 0.225 e. The number of benzene rings is 1. The molecule has 2 aliphatic rings. The van der Waals surface area contributed by atoms with E-state index in [2.05, 4.69) is 38.1 Å². The highest BCUT2D eigenvalue weighted by Gasteiger charge is 2.26. The number of hydrogen-bond acceptors (Lipinski definition) is 4. The van der Waals surface area contributed by atoms with E-state index in [1.165, 1.54) is 0 Å². The van der Waals surface area contributed by atoms with E-state index in [9.17, 15) is 9.59 Å². The maximum atomic E-state index is 12.4. The van der Waals surface area contributed by atoms with Crippen LogP contribution in [0.25, 0.3) is 0 Å². The Hall–Kier alpha value is -1.44. The molecule has 0 spiro atoms. The highest BCUT2D eigenvalue weighted by molar-refractivity contribution is 9.10. The number of carbonyl (C=O) groups excluding carboxylic acids is 2. The molecule has 0 aliphatic carbocycles. The van der Waals surface area contributed by atoms with Gasteiger partial charge in [0.25, 0.3) is 0 Å². The monoisotopic (exact) mass is 408 g/mol. The lowest BCUT2D eigenvalue weighted by Crippen LogP contribution is -2.45. The predicted octanol–water partition coefficient (Wildman–Crippen LogP) is 1.93. The summed E-state index contributed by atoms with van der Waals surface area (Å²) >= 11 is 3.50. The van der Waals surface area contributed by atoms with E-state index >= 15 is 0 Å². The van der Waals surface area contributed by atoms with Crippen LogP contribution in [-0.4, -0.2) is 67.9 Å². The molecule has 0 saturated carbocycles. The lowest BCUT2D eigenvalue weighted by atomic mass is 10.1. The second-order valence-corrected chi connectivity index (χ2v) is 7.74. The average Bonchev–Trinajstić information content (AvgIpc) is 2.98. The molecular formula is C18H25BrN4O2. The van der Waals surface area contributed by atoms with Gasteiger partial charge in [-0.25, -0.2) is 0 Å². The van der Waals surface area contributed by atoms with Gasteiger partial charge in [0.1, 0.15) is 0 Å². The first-order valence-electron chi connectivity index (χ1n) is 8.75. The lowest BCUT2D eigenvalue weighted by Gasteiger charge is -2.32. The van der Waals surface area contributed by atoms with Gasteiger partial charge in [0.2, 0.25) is 11.8 Å². The fraction of sp³-hybridized carbons (Fsp3) is 0.556. The number of anilines is 2. The van der Waals surface area contributed by atoms with Crippen molar-refractivity contribution in [3.63, 3.8) is 0 Å². The first-order valence-corrected chi connectivity index (χ1v) is 9.54. The largest absolute Gasteiger partial charge is 0.324 e. The summed E-state index contributed by atoms with van der Waals surface area (Å²) < 4.78 is 0.922. The van der Waals surface area contributed by atoms with Gasteiger partial charge in [0, 0.05) is 57.1 Å². The minimum atomic E-state index is -0.00497. The number of likely N-dealkylation sites (N-methyl/N-ethyl adjacent to an activating group) is 1. The van der Waals surface area contributed by atoms with Gasteiger partial charge in [-0.15, -0.1) is 0 Å². The normalized spacial score (nSPS) is 18.3. The second-order valence-electron chi connectivity index (χ2n) is 6.82. The van der Waals surface area contributed by atoms with Crippen molar-refractivity contribution in [1.82, 2.24) is 9.80 Å². The Balaban J connectivity index is 1.64. The zero-order chi connectivity index (χ0) is 18.0. The van der Waals surface area contributed by atoms with Crippen molar-refractivity contribution in [3.05, 3.63) is 22.2 Å². The fourth-order valence-corrected chi connectivity index (χ4v) is 3.97. The number of amides is 2. The Morgan fingerprint density at radius 3 is 2.56 bits per heavy atom. The zero-order valence-corrected chi connectivity index (χ0v) is 16.4. The molecule has 1 saturated heterocycles. The Bertz CT molecular complexity index is 671. The minimum absolute atomic E-state index is 0.00497. The van der Waals surface area contributed by atoms with Crippen molar-refractivity contribution >= 4 is 39.1 Å². The Morgan fingerprint density at radius 2 is 1.88 bits per heavy atom. The van der Waals surface area contributed by atoms with Crippen LogP contribution in [0.3, 0.4) is 0 Å². The van der Waals surface area contributed by atoms with Gasteiger partial charge in [0.05, 0.1) is 11.4 Å². The summed E-state index contributed by atoms with van der Waals surface area (Å²) in [7, 11) is 2.12. The molecular weight excluding hydrogens is 384 g/mol. The molecule has 6 nitrogen and oxygen atoms in total. The van der Waals surface area contributed by atoms with Gasteiger partial charge in [0.15, 0.2) is 0 Å². The number of nitrogens with one attached hydrogen (secondary N) is 1. The smallest absolute Gasteiger partial charge is 0.225 e. The lowest BCUT2D eigenvalue weighted by molar-refractivity contribution is -0.117. The fourth-order valence-electron chi connectivity index (χ4n) is 3.46. The highest BCUT2D eigenvalue weighted by atomic mass is 79.9. The minimum Gasteiger partial charge on any atom is -0.324 e. The summed E-state index contributed by atoms with van der Waals surface area (Å²) in [6.07, 6.45) is 1.28. The molecule has 1 fully saturated rings. The van der Waals surface area contributed by atoms with Gasteiger partial charge >= 0.3 is 0 Å². The van der Waals surface area contributed by atoms with Crippen LogP contribution in [0, 0.1) is 0 Å². The van der Waals surface area contributed by atoms with Crippen molar-refractivity contribution in [1.29, 1.82) is 0 Å². The SMILES string of the molecule is CC(=O)N1CCc2cc(Br)cc(NC(=O)CCN3CCN(C)CC3)c21. The summed E-state index contributed by atoms with van der Waals surface area (Å²) in [5.41, 5.74) is 2.67. The number of nitrogens with zero attached hydrogens (tertiary/aromatic N) is 3. The van der Waals surface area contributed by atoms with Gasteiger partial charge in [-0.1, -0.05) is 15.9 Å². The zero-order valence-electron chi connectivity index (χ0n) is 14.8.